The van der Waals surface area contributed by atoms with Gasteiger partial charge in [-0.25, -0.2) is 0 Å². The van der Waals surface area contributed by atoms with Crippen molar-refractivity contribution >= 4 is 11.8 Å². The Kier molecular flexibility index (Phi) is 6.87. The molecule has 1 aliphatic heterocycles. The number of nitrogens with one attached hydrogen (secondary N) is 1. The second-order valence-electron chi connectivity index (χ2n) is 5.31. The molecule has 0 spiro atoms. The summed E-state index contributed by atoms with van der Waals surface area (Å²) in [5.41, 5.74) is 1.04. The van der Waals surface area contributed by atoms with Crippen LogP contribution in [0.25, 0.3) is 0 Å². The van der Waals surface area contributed by atoms with E-state index >= 15 is 0 Å². The summed E-state index contributed by atoms with van der Waals surface area (Å²) in [5.74, 6) is 1.16. The van der Waals surface area contributed by atoms with Crippen molar-refractivity contribution in [3.63, 3.8) is 0 Å². The van der Waals surface area contributed by atoms with E-state index in [2.05, 4.69) is 41.4 Å². The number of thioether (sulfide) groups is 1. The molecule has 1 saturated heterocycles. The Hall–Kier alpha value is -0.550. The Balaban J connectivity index is 1.77. The standard InChI is InChI=1S/C16H26N2OS/c1-2-13-20-15-5-3-14(4-6-15)16(19)7-10-18-11-8-17-9-12-18/h3-6,16-17,19H,2,7-13H2,1H3. The van der Waals surface area contributed by atoms with Crippen molar-refractivity contribution in [1.29, 1.82) is 0 Å². The highest BCUT2D eigenvalue weighted by molar-refractivity contribution is 7.99. The third-order valence-corrected chi connectivity index (χ3v) is 4.88. The molecule has 1 unspecified atom stereocenters. The molecule has 1 heterocycles. The summed E-state index contributed by atoms with van der Waals surface area (Å²) in [4.78, 5) is 3.72. The number of aliphatic hydroxyl groups excluding tert-OH is 1. The van der Waals surface area contributed by atoms with Crippen LogP contribution < -0.4 is 5.32 Å². The maximum atomic E-state index is 10.3. The summed E-state index contributed by atoms with van der Waals surface area (Å²) in [6.45, 7) is 7.51. The Bertz CT molecular complexity index is 377. The van der Waals surface area contributed by atoms with Crippen molar-refractivity contribution in [2.45, 2.75) is 30.8 Å². The highest BCUT2D eigenvalue weighted by Crippen LogP contribution is 2.23. The fraction of sp³-hybridized carbons (Fsp3) is 0.625. The Morgan fingerprint density at radius 3 is 2.60 bits per heavy atom. The third kappa shape index (κ3) is 5.09. The summed E-state index contributed by atoms with van der Waals surface area (Å²) >= 11 is 1.88. The van der Waals surface area contributed by atoms with Gasteiger partial charge in [0.15, 0.2) is 0 Å². The van der Waals surface area contributed by atoms with Gasteiger partial charge in [-0.05, 0) is 36.3 Å². The summed E-state index contributed by atoms with van der Waals surface area (Å²) < 4.78 is 0. The van der Waals surface area contributed by atoms with Crippen LogP contribution in [0.5, 0.6) is 0 Å². The molecule has 2 N–H and O–H groups in total. The van der Waals surface area contributed by atoms with Gasteiger partial charge in [-0.1, -0.05) is 19.1 Å². The lowest BCUT2D eigenvalue weighted by Crippen LogP contribution is -2.44. The zero-order chi connectivity index (χ0) is 14.2. The van der Waals surface area contributed by atoms with Crippen LogP contribution in [-0.4, -0.2) is 48.5 Å². The average molecular weight is 294 g/mol. The Labute approximate surface area is 126 Å². The van der Waals surface area contributed by atoms with E-state index in [-0.39, 0.29) is 6.10 Å². The quantitative estimate of drug-likeness (QED) is 0.758. The smallest absolute Gasteiger partial charge is 0.0802 e. The molecule has 1 aliphatic rings. The minimum Gasteiger partial charge on any atom is -0.388 e. The zero-order valence-corrected chi connectivity index (χ0v) is 13.2. The lowest BCUT2D eigenvalue weighted by atomic mass is 10.1. The van der Waals surface area contributed by atoms with Crippen molar-refractivity contribution < 1.29 is 5.11 Å². The first-order valence-corrected chi connectivity index (χ1v) is 8.62. The van der Waals surface area contributed by atoms with E-state index in [1.165, 1.54) is 11.3 Å². The van der Waals surface area contributed by atoms with E-state index in [9.17, 15) is 5.11 Å². The molecule has 1 aromatic carbocycles. The van der Waals surface area contributed by atoms with Crippen molar-refractivity contribution in [3.05, 3.63) is 29.8 Å². The normalized spacial score (nSPS) is 18.1. The van der Waals surface area contributed by atoms with E-state index in [0.29, 0.717) is 0 Å². The molecular formula is C16H26N2OS. The van der Waals surface area contributed by atoms with Gasteiger partial charge in [0.05, 0.1) is 6.10 Å². The van der Waals surface area contributed by atoms with Gasteiger partial charge in [0.1, 0.15) is 0 Å². The minimum absolute atomic E-state index is 0.338. The first-order valence-electron chi connectivity index (χ1n) is 7.63. The molecule has 0 radical (unpaired) electrons. The summed E-state index contributed by atoms with van der Waals surface area (Å²) in [7, 11) is 0. The molecule has 0 saturated carbocycles. The highest BCUT2D eigenvalue weighted by atomic mass is 32.2. The number of aliphatic hydroxyl groups is 1. The fourth-order valence-electron chi connectivity index (χ4n) is 2.41. The van der Waals surface area contributed by atoms with Crippen molar-refractivity contribution in [3.8, 4) is 0 Å². The van der Waals surface area contributed by atoms with Gasteiger partial charge in [-0.2, -0.15) is 0 Å². The molecule has 20 heavy (non-hydrogen) atoms. The van der Waals surface area contributed by atoms with E-state index in [1.807, 2.05) is 11.8 Å². The average Bonchev–Trinajstić information content (AvgIpc) is 2.52. The Morgan fingerprint density at radius 2 is 1.95 bits per heavy atom. The predicted molar refractivity (Wildman–Crippen MR) is 86.3 cm³/mol. The number of nitrogens with zero attached hydrogens (tertiary/aromatic N) is 1. The molecule has 4 heteroatoms. The van der Waals surface area contributed by atoms with E-state index < -0.39 is 0 Å². The summed E-state index contributed by atoms with van der Waals surface area (Å²) in [6.07, 6.45) is 1.68. The number of benzene rings is 1. The molecule has 1 aromatic rings. The molecule has 3 nitrogen and oxygen atoms in total. The molecule has 1 fully saturated rings. The number of hydrogen-bond acceptors (Lipinski definition) is 4. The molecule has 0 bridgehead atoms. The van der Waals surface area contributed by atoms with Crippen LogP contribution in [0.1, 0.15) is 31.4 Å². The topological polar surface area (TPSA) is 35.5 Å². The largest absolute Gasteiger partial charge is 0.388 e. The SMILES string of the molecule is CCCSc1ccc(C(O)CCN2CCNCC2)cc1. The number of rotatable bonds is 7. The fourth-order valence-corrected chi connectivity index (χ4v) is 3.18. The maximum Gasteiger partial charge on any atom is 0.0802 e. The van der Waals surface area contributed by atoms with Gasteiger partial charge in [0.25, 0.3) is 0 Å². The van der Waals surface area contributed by atoms with Crippen molar-refractivity contribution in [2.75, 3.05) is 38.5 Å². The molecule has 2 rings (SSSR count). The zero-order valence-electron chi connectivity index (χ0n) is 12.3. The molecular weight excluding hydrogens is 268 g/mol. The molecule has 1 atom stereocenters. The first-order chi connectivity index (χ1) is 9.79. The molecule has 0 aromatic heterocycles. The summed E-state index contributed by atoms with van der Waals surface area (Å²) in [5, 5.41) is 13.6. The molecule has 112 valence electrons. The van der Waals surface area contributed by atoms with Crippen LogP contribution >= 0.6 is 11.8 Å². The number of piperazine rings is 1. The van der Waals surface area contributed by atoms with Crippen LogP contribution in [-0.2, 0) is 0 Å². The van der Waals surface area contributed by atoms with Crippen LogP contribution in [0.3, 0.4) is 0 Å². The Morgan fingerprint density at radius 1 is 1.25 bits per heavy atom. The molecule has 0 aliphatic carbocycles. The van der Waals surface area contributed by atoms with E-state index in [4.69, 9.17) is 0 Å². The second-order valence-corrected chi connectivity index (χ2v) is 6.48. The first kappa shape index (κ1) is 15.8. The van der Waals surface area contributed by atoms with Gasteiger partial charge >= 0.3 is 0 Å². The van der Waals surface area contributed by atoms with E-state index in [0.717, 1.165) is 50.5 Å². The monoisotopic (exact) mass is 294 g/mol. The van der Waals surface area contributed by atoms with Crippen molar-refractivity contribution in [2.24, 2.45) is 0 Å². The lowest BCUT2D eigenvalue weighted by molar-refractivity contribution is 0.136. The van der Waals surface area contributed by atoms with Crippen LogP contribution in [0.4, 0.5) is 0 Å². The van der Waals surface area contributed by atoms with Crippen LogP contribution in [0.2, 0.25) is 0 Å². The highest BCUT2D eigenvalue weighted by Gasteiger charge is 2.13. The number of hydrogen-bond donors (Lipinski definition) is 2. The van der Waals surface area contributed by atoms with Gasteiger partial charge in [-0.15, -0.1) is 11.8 Å². The summed E-state index contributed by atoms with van der Waals surface area (Å²) in [6, 6.07) is 8.40. The predicted octanol–water partition coefficient (Wildman–Crippen LogP) is 2.52. The minimum atomic E-state index is -0.338. The van der Waals surface area contributed by atoms with Crippen molar-refractivity contribution in [1.82, 2.24) is 10.2 Å². The van der Waals surface area contributed by atoms with Gasteiger partial charge in [0, 0.05) is 37.6 Å². The van der Waals surface area contributed by atoms with Gasteiger partial charge < -0.3 is 15.3 Å². The second kappa shape index (κ2) is 8.67. The maximum absolute atomic E-state index is 10.3. The lowest BCUT2D eigenvalue weighted by Gasteiger charge is -2.28. The van der Waals surface area contributed by atoms with Crippen LogP contribution in [0.15, 0.2) is 29.2 Å². The van der Waals surface area contributed by atoms with E-state index in [1.54, 1.807) is 0 Å². The van der Waals surface area contributed by atoms with Gasteiger partial charge in [0.2, 0.25) is 0 Å². The van der Waals surface area contributed by atoms with Crippen LogP contribution in [0, 0.1) is 0 Å². The molecule has 0 amide bonds. The third-order valence-electron chi connectivity index (χ3n) is 3.67. The van der Waals surface area contributed by atoms with Gasteiger partial charge in [-0.3, -0.25) is 0 Å².